The number of piperidine rings is 1. The van der Waals surface area contributed by atoms with Crippen LogP contribution in [0.4, 0.5) is 0 Å². The van der Waals surface area contributed by atoms with Crippen LogP contribution >= 0.6 is 0 Å². The van der Waals surface area contributed by atoms with Crippen molar-refractivity contribution in [2.75, 3.05) is 39.4 Å². The minimum absolute atomic E-state index is 0.103. The summed E-state index contributed by atoms with van der Waals surface area (Å²) in [5.74, 6) is 0.103. The molecular weight excluding hydrogens is 242 g/mol. The smallest absolute Gasteiger partial charge is 0.239 e. The van der Waals surface area contributed by atoms with Crippen LogP contribution in [-0.4, -0.2) is 62.3 Å². The van der Waals surface area contributed by atoms with Gasteiger partial charge in [0.25, 0.3) is 0 Å². The predicted octanol–water partition coefficient (Wildman–Crippen LogP) is 0.356. The molecular formula is C14H27N3O2. The Morgan fingerprint density at radius 3 is 2.84 bits per heavy atom. The summed E-state index contributed by atoms with van der Waals surface area (Å²) in [7, 11) is 0. The van der Waals surface area contributed by atoms with Crippen molar-refractivity contribution in [3.05, 3.63) is 0 Å². The van der Waals surface area contributed by atoms with E-state index in [1.807, 2.05) is 0 Å². The molecule has 2 saturated heterocycles. The van der Waals surface area contributed by atoms with Crippen molar-refractivity contribution in [2.24, 2.45) is 0 Å². The quantitative estimate of drug-likeness (QED) is 0.756. The first kappa shape index (κ1) is 14.8. The van der Waals surface area contributed by atoms with Crippen molar-refractivity contribution in [3.63, 3.8) is 0 Å². The molecule has 0 aromatic rings. The van der Waals surface area contributed by atoms with E-state index in [0.29, 0.717) is 19.3 Å². The van der Waals surface area contributed by atoms with Gasteiger partial charge in [0.2, 0.25) is 5.91 Å². The van der Waals surface area contributed by atoms with E-state index in [1.54, 1.807) is 0 Å². The SMILES string of the molecule is CCCCN1CCC(NC(=O)C2COCCN2)CC1. The summed E-state index contributed by atoms with van der Waals surface area (Å²) in [5.41, 5.74) is 0. The van der Waals surface area contributed by atoms with Gasteiger partial charge in [0.05, 0.1) is 13.2 Å². The summed E-state index contributed by atoms with van der Waals surface area (Å²) < 4.78 is 5.32. The Hall–Kier alpha value is -0.650. The Morgan fingerprint density at radius 2 is 2.21 bits per heavy atom. The molecule has 2 fully saturated rings. The van der Waals surface area contributed by atoms with Gasteiger partial charge in [0, 0.05) is 25.7 Å². The van der Waals surface area contributed by atoms with E-state index < -0.39 is 0 Å². The zero-order valence-corrected chi connectivity index (χ0v) is 12.0. The zero-order chi connectivity index (χ0) is 13.5. The number of amides is 1. The van der Waals surface area contributed by atoms with Gasteiger partial charge in [-0.05, 0) is 25.8 Å². The van der Waals surface area contributed by atoms with Crippen LogP contribution in [0.15, 0.2) is 0 Å². The highest BCUT2D eigenvalue weighted by molar-refractivity contribution is 5.82. The summed E-state index contributed by atoms with van der Waals surface area (Å²) in [6.07, 6.45) is 4.68. The van der Waals surface area contributed by atoms with Crippen LogP contribution in [0, 0.1) is 0 Å². The van der Waals surface area contributed by atoms with Crippen molar-refractivity contribution in [3.8, 4) is 0 Å². The summed E-state index contributed by atoms with van der Waals surface area (Å²) in [4.78, 5) is 14.6. The number of carbonyl (C=O) groups excluding carboxylic acids is 1. The fourth-order valence-electron chi connectivity index (χ4n) is 2.72. The molecule has 0 aliphatic carbocycles. The van der Waals surface area contributed by atoms with E-state index in [4.69, 9.17) is 4.74 Å². The third-order valence-electron chi connectivity index (χ3n) is 4.00. The molecule has 1 atom stereocenters. The Balaban J connectivity index is 1.65. The van der Waals surface area contributed by atoms with Crippen LogP contribution in [-0.2, 0) is 9.53 Å². The van der Waals surface area contributed by atoms with Gasteiger partial charge in [-0.1, -0.05) is 13.3 Å². The van der Waals surface area contributed by atoms with Gasteiger partial charge >= 0.3 is 0 Å². The maximum Gasteiger partial charge on any atom is 0.239 e. The zero-order valence-electron chi connectivity index (χ0n) is 12.0. The van der Waals surface area contributed by atoms with Crippen LogP contribution in [0.2, 0.25) is 0 Å². The second-order valence-corrected chi connectivity index (χ2v) is 5.56. The van der Waals surface area contributed by atoms with Crippen LogP contribution < -0.4 is 10.6 Å². The predicted molar refractivity (Wildman–Crippen MR) is 75.1 cm³/mol. The molecule has 0 bridgehead atoms. The maximum atomic E-state index is 12.1. The van der Waals surface area contributed by atoms with E-state index in [0.717, 1.165) is 32.5 Å². The molecule has 2 rings (SSSR count). The van der Waals surface area contributed by atoms with E-state index in [1.165, 1.54) is 19.4 Å². The second-order valence-electron chi connectivity index (χ2n) is 5.56. The minimum Gasteiger partial charge on any atom is -0.378 e. The number of hydrogen-bond donors (Lipinski definition) is 2. The van der Waals surface area contributed by atoms with E-state index >= 15 is 0 Å². The maximum absolute atomic E-state index is 12.1. The monoisotopic (exact) mass is 269 g/mol. The number of nitrogens with one attached hydrogen (secondary N) is 2. The standard InChI is InChI=1S/C14H27N3O2/c1-2-3-7-17-8-4-12(5-9-17)16-14(18)13-11-19-10-6-15-13/h12-13,15H,2-11H2,1H3,(H,16,18). The molecule has 2 N–H and O–H groups in total. The lowest BCUT2D eigenvalue weighted by atomic mass is 10.0. The second kappa shape index (κ2) is 7.82. The van der Waals surface area contributed by atoms with Crippen molar-refractivity contribution >= 4 is 5.91 Å². The number of hydrogen-bond acceptors (Lipinski definition) is 4. The number of likely N-dealkylation sites (tertiary alicyclic amines) is 1. The highest BCUT2D eigenvalue weighted by atomic mass is 16.5. The van der Waals surface area contributed by atoms with Crippen molar-refractivity contribution in [2.45, 2.75) is 44.7 Å². The number of unbranched alkanes of at least 4 members (excludes halogenated alkanes) is 1. The summed E-state index contributed by atoms with van der Waals surface area (Å²) >= 11 is 0. The van der Waals surface area contributed by atoms with Crippen molar-refractivity contribution < 1.29 is 9.53 Å². The molecule has 0 aromatic carbocycles. The molecule has 5 heteroatoms. The lowest BCUT2D eigenvalue weighted by Gasteiger charge is -2.33. The Morgan fingerprint density at radius 1 is 1.42 bits per heavy atom. The molecule has 0 spiro atoms. The summed E-state index contributed by atoms with van der Waals surface area (Å²) in [6.45, 7) is 7.63. The Labute approximate surface area is 116 Å². The average molecular weight is 269 g/mol. The van der Waals surface area contributed by atoms with Gasteiger partial charge in [-0.3, -0.25) is 4.79 Å². The first-order valence-electron chi connectivity index (χ1n) is 7.63. The normalized spacial score (nSPS) is 26.3. The third kappa shape index (κ3) is 4.75. The Bertz CT molecular complexity index is 272. The van der Waals surface area contributed by atoms with Crippen LogP contribution in [0.3, 0.4) is 0 Å². The van der Waals surface area contributed by atoms with Crippen molar-refractivity contribution in [1.82, 2.24) is 15.5 Å². The lowest BCUT2D eigenvalue weighted by molar-refractivity contribution is -0.126. The lowest BCUT2D eigenvalue weighted by Crippen LogP contribution is -2.54. The van der Waals surface area contributed by atoms with Gasteiger partial charge in [-0.25, -0.2) is 0 Å². The van der Waals surface area contributed by atoms with Crippen LogP contribution in [0.25, 0.3) is 0 Å². The van der Waals surface area contributed by atoms with Gasteiger partial charge < -0.3 is 20.3 Å². The number of nitrogens with zero attached hydrogens (tertiary/aromatic N) is 1. The topological polar surface area (TPSA) is 53.6 Å². The first-order chi connectivity index (χ1) is 9.29. The van der Waals surface area contributed by atoms with E-state index in [9.17, 15) is 4.79 Å². The molecule has 2 heterocycles. The average Bonchev–Trinajstić information content (AvgIpc) is 2.47. The van der Waals surface area contributed by atoms with E-state index in [-0.39, 0.29) is 11.9 Å². The molecule has 0 aromatic heterocycles. The fraction of sp³-hybridized carbons (Fsp3) is 0.929. The number of morpholine rings is 1. The third-order valence-corrected chi connectivity index (χ3v) is 4.00. The first-order valence-corrected chi connectivity index (χ1v) is 7.63. The molecule has 2 aliphatic rings. The molecule has 110 valence electrons. The van der Waals surface area contributed by atoms with Crippen LogP contribution in [0.1, 0.15) is 32.6 Å². The summed E-state index contributed by atoms with van der Waals surface area (Å²) in [6, 6.07) is 0.181. The van der Waals surface area contributed by atoms with Gasteiger partial charge in [0.1, 0.15) is 6.04 Å². The largest absolute Gasteiger partial charge is 0.378 e. The minimum atomic E-state index is -0.160. The number of rotatable bonds is 5. The Kier molecular flexibility index (Phi) is 6.07. The highest BCUT2D eigenvalue weighted by Gasteiger charge is 2.25. The molecule has 0 radical (unpaired) electrons. The summed E-state index contributed by atoms with van der Waals surface area (Å²) in [5, 5.41) is 6.35. The molecule has 19 heavy (non-hydrogen) atoms. The van der Waals surface area contributed by atoms with Gasteiger partial charge in [-0.2, -0.15) is 0 Å². The molecule has 5 nitrogen and oxygen atoms in total. The van der Waals surface area contributed by atoms with Gasteiger partial charge in [-0.15, -0.1) is 0 Å². The van der Waals surface area contributed by atoms with Crippen LogP contribution in [0.5, 0.6) is 0 Å². The highest BCUT2D eigenvalue weighted by Crippen LogP contribution is 2.11. The molecule has 1 unspecified atom stereocenters. The number of carbonyl (C=O) groups is 1. The molecule has 1 amide bonds. The fourth-order valence-corrected chi connectivity index (χ4v) is 2.72. The number of ether oxygens (including phenoxy) is 1. The van der Waals surface area contributed by atoms with Crippen molar-refractivity contribution in [1.29, 1.82) is 0 Å². The molecule has 0 saturated carbocycles. The van der Waals surface area contributed by atoms with Gasteiger partial charge in [0.15, 0.2) is 0 Å². The molecule has 2 aliphatic heterocycles. The van der Waals surface area contributed by atoms with E-state index in [2.05, 4.69) is 22.5 Å².